The Morgan fingerprint density at radius 3 is 1.85 bits per heavy atom. The second kappa shape index (κ2) is 14.4. The van der Waals surface area contributed by atoms with Gasteiger partial charge in [0.05, 0.1) is 37.9 Å². The largest absolute Gasteiger partial charge is 0.394 e. The van der Waals surface area contributed by atoms with Crippen molar-refractivity contribution >= 4 is 0 Å². The molecule has 0 bridgehead atoms. The monoisotopic (exact) mass is 591 g/mol. The highest BCUT2D eigenvalue weighted by atomic mass is 16.7. The molecule has 234 valence electrons. The highest BCUT2D eigenvalue weighted by molar-refractivity contribution is 5.14. The van der Waals surface area contributed by atoms with E-state index in [1.54, 1.807) is 0 Å². The number of benzene rings is 1. The van der Waals surface area contributed by atoms with Crippen molar-refractivity contribution in [1.29, 1.82) is 0 Å². The maximum atomic E-state index is 11.5. The fourth-order valence-corrected chi connectivity index (χ4v) is 5.21. The third-order valence-electron chi connectivity index (χ3n) is 7.67. The van der Waals surface area contributed by atoms with E-state index >= 15 is 0 Å². The summed E-state index contributed by atoms with van der Waals surface area (Å²) in [5, 5.41) is 85.2. The molecule has 3 aliphatic rings. The van der Waals surface area contributed by atoms with Crippen LogP contribution >= 0.6 is 0 Å². The van der Waals surface area contributed by atoms with Crippen LogP contribution in [0.1, 0.15) is 5.56 Å². The van der Waals surface area contributed by atoms with Gasteiger partial charge in [-0.2, -0.15) is 0 Å². The zero-order valence-corrected chi connectivity index (χ0v) is 22.1. The minimum Gasteiger partial charge on any atom is -0.394 e. The molecule has 3 heterocycles. The van der Waals surface area contributed by atoms with E-state index in [4.69, 9.17) is 35.2 Å². The highest BCUT2D eigenvalue weighted by Gasteiger charge is 2.53. The molecule has 16 nitrogen and oxygen atoms in total. The topological polar surface area (TPSA) is 272 Å². The Labute approximate surface area is 235 Å². The fourth-order valence-electron chi connectivity index (χ4n) is 5.21. The van der Waals surface area contributed by atoms with Gasteiger partial charge in [-0.1, -0.05) is 30.3 Å². The molecule has 0 amide bonds. The molecule has 3 fully saturated rings. The molecule has 3 aliphatic heterocycles. The van der Waals surface area contributed by atoms with Crippen LogP contribution in [0.5, 0.6) is 0 Å². The van der Waals surface area contributed by atoms with E-state index in [1.165, 1.54) is 0 Å². The zero-order valence-electron chi connectivity index (χ0n) is 22.1. The maximum Gasteiger partial charge on any atom is 0.176 e. The lowest BCUT2D eigenvalue weighted by Gasteiger charge is -2.49. The summed E-state index contributed by atoms with van der Waals surface area (Å²) in [7, 11) is 0. The first kappa shape index (κ1) is 32.5. The van der Waals surface area contributed by atoms with Gasteiger partial charge in [-0.25, -0.2) is 0 Å². The Morgan fingerprint density at radius 2 is 1.22 bits per heavy atom. The maximum absolute atomic E-state index is 11.5. The molecule has 16 heteroatoms. The number of nitrogens with one attached hydrogen (secondary N) is 1. The minimum atomic E-state index is -1.56. The number of aliphatic hydroxyl groups is 8. The summed E-state index contributed by atoms with van der Waals surface area (Å²) in [6.45, 7) is -1.77. The van der Waals surface area contributed by atoms with Crippen molar-refractivity contribution in [3.8, 4) is 0 Å². The van der Waals surface area contributed by atoms with Crippen LogP contribution in [0, 0.1) is 0 Å². The van der Waals surface area contributed by atoms with Crippen molar-refractivity contribution in [2.45, 2.75) is 98.5 Å². The molecule has 41 heavy (non-hydrogen) atoms. The van der Waals surface area contributed by atoms with Crippen molar-refractivity contribution in [1.82, 2.24) is 5.32 Å². The van der Waals surface area contributed by atoms with Gasteiger partial charge in [-0.15, -0.1) is 0 Å². The number of aliphatic hydroxyl groups excluding tert-OH is 8. The highest BCUT2D eigenvalue weighted by Crippen LogP contribution is 2.32. The van der Waals surface area contributed by atoms with Gasteiger partial charge in [-0.3, -0.25) is 0 Å². The van der Waals surface area contributed by atoms with Crippen molar-refractivity contribution in [3.05, 3.63) is 35.9 Å². The first-order chi connectivity index (χ1) is 19.6. The summed E-state index contributed by atoms with van der Waals surface area (Å²) in [5.74, 6) is 0. The van der Waals surface area contributed by atoms with Gasteiger partial charge in [0.15, 0.2) is 18.9 Å². The van der Waals surface area contributed by atoms with Crippen LogP contribution in [0.25, 0.3) is 0 Å². The second-order valence-corrected chi connectivity index (χ2v) is 10.4. The number of hydrogen-bond acceptors (Lipinski definition) is 16. The molecule has 4 rings (SSSR count). The van der Waals surface area contributed by atoms with E-state index in [1.807, 2.05) is 30.3 Å². The van der Waals surface area contributed by atoms with Crippen LogP contribution in [-0.4, -0.2) is 153 Å². The van der Waals surface area contributed by atoms with Crippen molar-refractivity contribution < 1.29 is 64.5 Å². The second-order valence-electron chi connectivity index (χ2n) is 10.4. The van der Waals surface area contributed by atoms with Crippen LogP contribution in [0.15, 0.2) is 30.3 Å². The fraction of sp³-hybridized carbons (Fsp3) is 0.760. The molecule has 0 aromatic heterocycles. The lowest BCUT2D eigenvalue weighted by molar-refractivity contribution is -0.350. The van der Waals surface area contributed by atoms with Crippen LogP contribution in [-0.2, 0) is 30.2 Å². The minimum absolute atomic E-state index is 0.213. The van der Waals surface area contributed by atoms with E-state index in [0.717, 1.165) is 5.56 Å². The number of rotatable bonds is 10. The molecular weight excluding hydrogens is 550 g/mol. The normalized spacial score (nSPS) is 45.5. The van der Waals surface area contributed by atoms with Gasteiger partial charge >= 0.3 is 0 Å². The van der Waals surface area contributed by atoms with Crippen LogP contribution in [0.2, 0.25) is 0 Å². The Morgan fingerprint density at radius 1 is 0.659 bits per heavy atom. The number of ether oxygens (including phenoxy) is 5. The van der Waals surface area contributed by atoms with Gasteiger partial charge in [0.2, 0.25) is 0 Å². The summed E-state index contributed by atoms with van der Waals surface area (Å²) in [6, 6.07) is 5.49. The lowest BCUT2D eigenvalue weighted by Crippen LogP contribution is -2.69. The Balaban J connectivity index is 1.58. The summed E-state index contributed by atoms with van der Waals surface area (Å²) >= 11 is 0. The molecule has 0 radical (unpaired) electrons. The average molecular weight is 592 g/mol. The van der Waals surface area contributed by atoms with E-state index in [0.29, 0.717) is 0 Å². The first-order valence-electron chi connectivity index (χ1n) is 13.4. The predicted octanol–water partition coefficient (Wildman–Crippen LogP) is -5.84. The molecule has 0 aliphatic carbocycles. The Kier molecular flexibility index (Phi) is 11.4. The van der Waals surface area contributed by atoms with Crippen LogP contribution in [0.4, 0.5) is 0 Å². The van der Waals surface area contributed by atoms with E-state index in [9.17, 15) is 40.9 Å². The molecule has 1 aromatic rings. The molecule has 13 N–H and O–H groups in total. The standard InChI is InChI=1S/C25H41N3O13/c26-14-19(34)21(12(8-30)37-23(14)36)41-25-16(28-6-10-4-2-1-3-5-10)20(35)22(13(9-31)39-25)40-24-15(27)18(33)17(32)11(7-29)38-24/h1-5,11-25,28-36H,6-9,26-27H2/t11-,12-,13-,14-,15-,16-,17-,18-,19-,20-,21?,22?,23-,24+,25+/m1/s1. The molecule has 0 spiro atoms. The molecule has 0 saturated carbocycles. The summed E-state index contributed by atoms with van der Waals surface area (Å²) in [4.78, 5) is 0. The number of hydrogen-bond donors (Lipinski definition) is 11. The smallest absolute Gasteiger partial charge is 0.176 e. The van der Waals surface area contributed by atoms with Crippen LogP contribution < -0.4 is 16.8 Å². The summed E-state index contributed by atoms with van der Waals surface area (Å²) in [5.41, 5.74) is 12.7. The van der Waals surface area contributed by atoms with E-state index < -0.39 is 112 Å². The average Bonchev–Trinajstić information content (AvgIpc) is 2.98. The van der Waals surface area contributed by atoms with Crippen LogP contribution in [0.3, 0.4) is 0 Å². The number of nitrogens with two attached hydrogens (primary N) is 2. The molecular formula is C25H41N3O13. The SMILES string of the molecule is N[C@H]1[C@H](OC2[C@@H](CO)O[C@@H](OC3[C@@H](CO)O[C@@H](O)[C@H](N)[C@H]3O)[C@H](NCc3ccccc3)[C@H]2O)O[C@H](CO)[C@@H](O)[C@@H]1O. The third kappa shape index (κ3) is 7.05. The van der Waals surface area contributed by atoms with Gasteiger partial charge in [0.1, 0.15) is 54.9 Å². The van der Waals surface area contributed by atoms with Gasteiger partial charge in [0.25, 0.3) is 0 Å². The molecule has 15 atom stereocenters. The van der Waals surface area contributed by atoms with Crippen molar-refractivity contribution in [2.24, 2.45) is 11.5 Å². The van der Waals surface area contributed by atoms with E-state index in [2.05, 4.69) is 5.32 Å². The predicted molar refractivity (Wildman–Crippen MR) is 136 cm³/mol. The van der Waals surface area contributed by atoms with Gasteiger partial charge < -0.3 is 81.3 Å². The third-order valence-corrected chi connectivity index (χ3v) is 7.67. The molecule has 2 unspecified atom stereocenters. The molecule has 3 saturated heterocycles. The zero-order chi connectivity index (χ0) is 29.8. The summed E-state index contributed by atoms with van der Waals surface area (Å²) < 4.78 is 28.7. The lowest BCUT2D eigenvalue weighted by atomic mass is 9.94. The Hall–Kier alpha value is -1.42. The first-order valence-corrected chi connectivity index (χ1v) is 13.4. The quantitative estimate of drug-likeness (QED) is 0.121. The van der Waals surface area contributed by atoms with Gasteiger partial charge in [-0.05, 0) is 5.56 Å². The molecule has 1 aromatic carbocycles. The van der Waals surface area contributed by atoms with Gasteiger partial charge in [0, 0.05) is 6.54 Å². The Bertz CT molecular complexity index is 933. The summed E-state index contributed by atoms with van der Waals surface area (Å²) in [6.07, 6.45) is -16.7. The van der Waals surface area contributed by atoms with E-state index in [-0.39, 0.29) is 6.54 Å². The van der Waals surface area contributed by atoms with Crippen molar-refractivity contribution in [3.63, 3.8) is 0 Å². The van der Waals surface area contributed by atoms with Crippen molar-refractivity contribution in [2.75, 3.05) is 19.8 Å².